The third kappa shape index (κ3) is 2.31. The number of morpholine rings is 1. The van der Waals surface area contributed by atoms with Gasteiger partial charge < -0.3 is 4.74 Å². The Morgan fingerprint density at radius 2 is 2.36 bits per heavy atom. The highest BCUT2D eigenvalue weighted by atomic mass is 16.5. The summed E-state index contributed by atoms with van der Waals surface area (Å²) in [5.41, 5.74) is 0. The molecule has 1 fully saturated rings. The normalized spacial score (nSPS) is 27.4. The number of hydrogen-bond donors (Lipinski definition) is 0. The minimum Gasteiger partial charge on any atom is -0.371 e. The second-order valence-corrected chi connectivity index (χ2v) is 3.23. The van der Waals surface area contributed by atoms with Gasteiger partial charge in [0.15, 0.2) is 0 Å². The van der Waals surface area contributed by atoms with Gasteiger partial charge in [-0.1, -0.05) is 6.08 Å². The van der Waals surface area contributed by atoms with Gasteiger partial charge in [0.25, 0.3) is 0 Å². The Labute approximate surface area is 68.8 Å². The van der Waals surface area contributed by atoms with E-state index in [1.54, 1.807) is 0 Å². The average Bonchev–Trinajstić information content (AvgIpc) is 2.05. The van der Waals surface area contributed by atoms with Gasteiger partial charge in [0, 0.05) is 19.1 Å². The largest absolute Gasteiger partial charge is 0.371 e. The number of hydrogen-bond acceptors (Lipinski definition) is 2. The van der Waals surface area contributed by atoms with E-state index in [4.69, 9.17) is 4.74 Å². The van der Waals surface area contributed by atoms with Crippen molar-refractivity contribution in [1.82, 2.24) is 4.90 Å². The SMILES string of the molecule is C=C[C@H]1CN(C(C)C)CCO1. The molecule has 64 valence electrons. The molecule has 1 atom stereocenters. The van der Waals surface area contributed by atoms with Crippen LogP contribution >= 0.6 is 0 Å². The first kappa shape index (κ1) is 8.75. The number of rotatable bonds is 2. The average molecular weight is 155 g/mol. The van der Waals surface area contributed by atoms with Gasteiger partial charge in [0.2, 0.25) is 0 Å². The molecular formula is C9H17NO. The highest BCUT2D eigenvalue weighted by Crippen LogP contribution is 2.08. The fourth-order valence-electron chi connectivity index (χ4n) is 1.31. The van der Waals surface area contributed by atoms with Crippen LogP contribution in [0.2, 0.25) is 0 Å². The van der Waals surface area contributed by atoms with Crippen molar-refractivity contribution in [3.05, 3.63) is 12.7 Å². The molecule has 0 aromatic heterocycles. The minimum atomic E-state index is 0.242. The van der Waals surface area contributed by atoms with Gasteiger partial charge in [0.1, 0.15) is 0 Å². The summed E-state index contributed by atoms with van der Waals surface area (Å²) in [4.78, 5) is 2.41. The molecule has 0 unspecified atom stereocenters. The van der Waals surface area contributed by atoms with Crippen LogP contribution < -0.4 is 0 Å². The maximum absolute atomic E-state index is 5.45. The van der Waals surface area contributed by atoms with Gasteiger partial charge in [0.05, 0.1) is 12.7 Å². The summed E-state index contributed by atoms with van der Waals surface area (Å²) >= 11 is 0. The summed E-state index contributed by atoms with van der Waals surface area (Å²) in [6.07, 6.45) is 2.13. The van der Waals surface area contributed by atoms with Crippen molar-refractivity contribution in [3.63, 3.8) is 0 Å². The maximum Gasteiger partial charge on any atom is 0.0880 e. The monoisotopic (exact) mass is 155 g/mol. The Balaban J connectivity index is 2.39. The molecule has 2 nitrogen and oxygen atoms in total. The lowest BCUT2D eigenvalue weighted by Crippen LogP contribution is -2.44. The Morgan fingerprint density at radius 1 is 1.64 bits per heavy atom. The lowest BCUT2D eigenvalue weighted by molar-refractivity contribution is -0.0147. The first-order valence-corrected chi connectivity index (χ1v) is 4.22. The zero-order valence-electron chi connectivity index (χ0n) is 7.42. The predicted molar refractivity (Wildman–Crippen MR) is 46.6 cm³/mol. The Hall–Kier alpha value is -0.340. The molecule has 0 bridgehead atoms. The summed E-state index contributed by atoms with van der Waals surface area (Å²) in [6.45, 7) is 11.1. The molecule has 0 aromatic rings. The summed E-state index contributed by atoms with van der Waals surface area (Å²) in [7, 11) is 0. The molecular weight excluding hydrogens is 138 g/mol. The van der Waals surface area contributed by atoms with Crippen LogP contribution in [-0.2, 0) is 4.74 Å². The fraction of sp³-hybridized carbons (Fsp3) is 0.778. The lowest BCUT2D eigenvalue weighted by atomic mass is 10.2. The topological polar surface area (TPSA) is 12.5 Å². The third-order valence-corrected chi connectivity index (χ3v) is 2.12. The van der Waals surface area contributed by atoms with Gasteiger partial charge in [-0.05, 0) is 13.8 Å². The predicted octanol–water partition coefficient (Wildman–Crippen LogP) is 1.28. The molecule has 1 heterocycles. The van der Waals surface area contributed by atoms with Crippen LogP contribution in [0.15, 0.2) is 12.7 Å². The first-order chi connectivity index (χ1) is 5.24. The zero-order chi connectivity index (χ0) is 8.27. The summed E-state index contributed by atoms with van der Waals surface area (Å²) in [6, 6.07) is 0.626. The molecule has 0 amide bonds. The molecule has 1 rings (SSSR count). The van der Waals surface area contributed by atoms with Gasteiger partial charge >= 0.3 is 0 Å². The van der Waals surface area contributed by atoms with Crippen LogP contribution in [0.5, 0.6) is 0 Å². The van der Waals surface area contributed by atoms with Crippen molar-refractivity contribution in [3.8, 4) is 0 Å². The highest BCUT2D eigenvalue weighted by Gasteiger charge is 2.19. The molecule has 11 heavy (non-hydrogen) atoms. The van der Waals surface area contributed by atoms with E-state index >= 15 is 0 Å². The van der Waals surface area contributed by atoms with E-state index in [0.29, 0.717) is 6.04 Å². The molecule has 1 saturated heterocycles. The highest BCUT2D eigenvalue weighted by molar-refractivity contribution is 4.86. The second-order valence-electron chi connectivity index (χ2n) is 3.23. The maximum atomic E-state index is 5.45. The van der Waals surface area contributed by atoms with Crippen LogP contribution in [0.3, 0.4) is 0 Å². The quantitative estimate of drug-likeness (QED) is 0.557. The summed E-state index contributed by atoms with van der Waals surface area (Å²) in [5.74, 6) is 0. The van der Waals surface area contributed by atoms with Crippen molar-refractivity contribution in [2.24, 2.45) is 0 Å². The molecule has 1 aliphatic rings. The van der Waals surface area contributed by atoms with Crippen LogP contribution in [0.1, 0.15) is 13.8 Å². The lowest BCUT2D eigenvalue weighted by Gasteiger charge is -2.34. The van der Waals surface area contributed by atoms with Gasteiger partial charge in [-0.3, -0.25) is 4.90 Å². The van der Waals surface area contributed by atoms with E-state index < -0.39 is 0 Å². The van der Waals surface area contributed by atoms with E-state index in [2.05, 4.69) is 25.3 Å². The van der Waals surface area contributed by atoms with Gasteiger partial charge in [-0.2, -0.15) is 0 Å². The molecule has 0 aromatic carbocycles. The van der Waals surface area contributed by atoms with Crippen molar-refractivity contribution in [1.29, 1.82) is 0 Å². The molecule has 2 heteroatoms. The Bertz CT molecular complexity index is 134. The van der Waals surface area contributed by atoms with Crippen molar-refractivity contribution >= 4 is 0 Å². The van der Waals surface area contributed by atoms with E-state index in [1.165, 1.54) is 0 Å². The molecule has 0 aliphatic carbocycles. The van der Waals surface area contributed by atoms with E-state index in [1.807, 2.05) is 6.08 Å². The van der Waals surface area contributed by atoms with Crippen molar-refractivity contribution < 1.29 is 4.74 Å². The van der Waals surface area contributed by atoms with Crippen LogP contribution in [0.25, 0.3) is 0 Å². The standard InChI is InChI=1S/C9H17NO/c1-4-9-7-10(8(2)3)5-6-11-9/h4,8-9H,1,5-7H2,2-3H3/t9-/m0/s1. The number of nitrogens with zero attached hydrogens (tertiary/aromatic N) is 1. The molecule has 1 aliphatic heterocycles. The second kappa shape index (κ2) is 3.88. The Kier molecular flexibility index (Phi) is 3.09. The van der Waals surface area contributed by atoms with Crippen molar-refractivity contribution in [2.45, 2.75) is 26.0 Å². The molecule has 0 N–H and O–H groups in total. The molecule has 0 saturated carbocycles. The number of ether oxygens (including phenoxy) is 1. The smallest absolute Gasteiger partial charge is 0.0880 e. The van der Waals surface area contributed by atoms with E-state index in [0.717, 1.165) is 19.7 Å². The van der Waals surface area contributed by atoms with Gasteiger partial charge in [-0.15, -0.1) is 6.58 Å². The third-order valence-electron chi connectivity index (χ3n) is 2.12. The van der Waals surface area contributed by atoms with E-state index in [-0.39, 0.29) is 6.10 Å². The summed E-state index contributed by atoms with van der Waals surface area (Å²) in [5, 5.41) is 0. The Morgan fingerprint density at radius 3 is 2.91 bits per heavy atom. The zero-order valence-corrected chi connectivity index (χ0v) is 7.42. The van der Waals surface area contributed by atoms with E-state index in [9.17, 15) is 0 Å². The van der Waals surface area contributed by atoms with Crippen LogP contribution in [-0.4, -0.2) is 36.7 Å². The van der Waals surface area contributed by atoms with Gasteiger partial charge in [-0.25, -0.2) is 0 Å². The summed E-state index contributed by atoms with van der Waals surface area (Å²) < 4.78 is 5.45. The van der Waals surface area contributed by atoms with Crippen molar-refractivity contribution in [2.75, 3.05) is 19.7 Å². The first-order valence-electron chi connectivity index (χ1n) is 4.22. The molecule has 0 spiro atoms. The molecule has 0 radical (unpaired) electrons. The fourth-order valence-corrected chi connectivity index (χ4v) is 1.31. The van der Waals surface area contributed by atoms with Crippen LogP contribution in [0.4, 0.5) is 0 Å². The van der Waals surface area contributed by atoms with Crippen LogP contribution in [0, 0.1) is 0 Å². The minimum absolute atomic E-state index is 0.242.